The van der Waals surface area contributed by atoms with Crippen LogP contribution < -0.4 is 0 Å². The molecule has 1 aromatic carbocycles. The molecule has 0 saturated heterocycles. The first kappa shape index (κ1) is 18.0. The third-order valence-electron chi connectivity index (χ3n) is 6.22. The minimum Gasteiger partial charge on any atom is -0.374 e. The number of hydrogen-bond donors (Lipinski definition) is 0. The maximum Gasteiger partial charge on any atom is 0.0662 e. The predicted molar refractivity (Wildman–Crippen MR) is 103 cm³/mol. The maximum absolute atomic E-state index is 5.87. The molecular weight excluding hydrogens is 316 g/mol. The molecule has 2 aliphatic rings. The molecule has 0 aliphatic heterocycles. The highest BCUT2D eigenvalue weighted by atomic mass is 35.5. The van der Waals surface area contributed by atoms with Gasteiger partial charge in [0.15, 0.2) is 0 Å². The van der Waals surface area contributed by atoms with Crippen LogP contribution in [0.3, 0.4) is 0 Å². The van der Waals surface area contributed by atoms with Gasteiger partial charge in [0.1, 0.15) is 0 Å². The molecule has 2 aliphatic carbocycles. The van der Waals surface area contributed by atoms with Crippen LogP contribution in [0.25, 0.3) is 0 Å². The molecule has 0 unspecified atom stereocenters. The lowest BCUT2D eigenvalue weighted by atomic mass is 9.69. The third-order valence-corrected chi connectivity index (χ3v) is 6.40. The van der Waals surface area contributed by atoms with E-state index in [1.54, 1.807) is 11.1 Å². The SMILES string of the molecule is Cc1ccc(C2CCC(C3CCC(OC/C=C/Cl)CC3)CC2)cc1. The largest absolute Gasteiger partial charge is 0.374 e. The first-order valence-corrected chi connectivity index (χ1v) is 10.1. The molecule has 1 aromatic rings. The van der Waals surface area contributed by atoms with Crippen LogP contribution in [0, 0.1) is 18.8 Å². The van der Waals surface area contributed by atoms with Crippen LogP contribution in [0.15, 0.2) is 35.9 Å². The Morgan fingerprint density at radius 1 is 0.917 bits per heavy atom. The molecule has 0 heterocycles. The van der Waals surface area contributed by atoms with E-state index in [4.69, 9.17) is 16.3 Å². The molecule has 0 aromatic heterocycles. The van der Waals surface area contributed by atoms with Crippen molar-refractivity contribution in [3.63, 3.8) is 0 Å². The lowest BCUT2D eigenvalue weighted by Gasteiger charge is -2.38. The third kappa shape index (κ3) is 4.86. The molecule has 1 nitrogen and oxygen atoms in total. The lowest BCUT2D eigenvalue weighted by molar-refractivity contribution is 0.0223. The van der Waals surface area contributed by atoms with E-state index in [1.165, 1.54) is 56.9 Å². The van der Waals surface area contributed by atoms with E-state index in [1.807, 2.05) is 6.08 Å². The summed E-state index contributed by atoms with van der Waals surface area (Å²) in [5.74, 6) is 2.69. The van der Waals surface area contributed by atoms with E-state index in [-0.39, 0.29) is 0 Å². The van der Waals surface area contributed by atoms with E-state index in [0.29, 0.717) is 12.7 Å². The van der Waals surface area contributed by atoms with E-state index < -0.39 is 0 Å². The number of hydrogen-bond acceptors (Lipinski definition) is 1. The second-order valence-corrected chi connectivity index (χ2v) is 8.01. The Bertz CT molecular complexity index is 505. The number of benzene rings is 1. The van der Waals surface area contributed by atoms with E-state index in [0.717, 1.165) is 17.8 Å². The van der Waals surface area contributed by atoms with Crippen molar-refractivity contribution < 1.29 is 4.74 Å². The Labute approximate surface area is 152 Å². The summed E-state index contributed by atoms with van der Waals surface area (Å²) < 4.78 is 5.87. The molecule has 2 saturated carbocycles. The van der Waals surface area contributed by atoms with Crippen LogP contribution in [-0.2, 0) is 4.74 Å². The lowest BCUT2D eigenvalue weighted by Crippen LogP contribution is -2.28. The topological polar surface area (TPSA) is 9.23 Å². The number of halogens is 1. The van der Waals surface area contributed by atoms with Crippen LogP contribution in [0.4, 0.5) is 0 Å². The molecule has 0 atom stereocenters. The fraction of sp³-hybridized carbons (Fsp3) is 0.636. The molecule has 2 fully saturated rings. The summed E-state index contributed by atoms with van der Waals surface area (Å²) in [5, 5.41) is 0. The van der Waals surface area contributed by atoms with Crippen molar-refractivity contribution in [2.75, 3.05) is 6.61 Å². The highest BCUT2D eigenvalue weighted by Crippen LogP contribution is 2.43. The van der Waals surface area contributed by atoms with Gasteiger partial charge in [-0.25, -0.2) is 0 Å². The summed E-state index contributed by atoms with van der Waals surface area (Å²) >= 11 is 5.55. The first-order chi connectivity index (χ1) is 11.8. The molecule has 0 amide bonds. The van der Waals surface area contributed by atoms with Gasteiger partial charge in [0.2, 0.25) is 0 Å². The highest BCUT2D eigenvalue weighted by molar-refractivity contribution is 6.25. The summed E-state index contributed by atoms with van der Waals surface area (Å²) in [4.78, 5) is 0. The predicted octanol–water partition coefficient (Wildman–Crippen LogP) is 6.60. The highest BCUT2D eigenvalue weighted by Gasteiger charge is 2.31. The summed E-state index contributed by atoms with van der Waals surface area (Å²) in [6.07, 6.45) is 13.1. The molecule has 0 N–H and O–H groups in total. The van der Waals surface area contributed by atoms with Gasteiger partial charge in [-0.15, -0.1) is 0 Å². The number of rotatable bonds is 5. The second kappa shape index (κ2) is 9.06. The van der Waals surface area contributed by atoms with Crippen molar-refractivity contribution in [2.45, 2.75) is 70.3 Å². The van der Waals surface area contributed by atoms with Gasteiger partial charge in [0.05, 0.1) is 12.7 Å². The Hall–Kier alpha value is -0.790. The van der Waals surface area contributed by atoms with Gasteiger partial charge in [-0.05, 0) is 87.7 Å². The van der Waals surface area contributed by atoms with Crippen molar-refractivity contribution in [1.82, 2.24) is 0 Å². The van der Waals surface area contributed by atoms with Crippen LogP contribution in [-0.4, -0.2) is 12.7 Å². The Morgan fingerprint density at radius 2 is 1.50 bits per heavy atom. The van der Waals surface area contributed by atoms with Gasteiger partial charge in [0, 0.05) is 5.54 Å². The minimum atomic E-state index is 0.456. The number of ether oxygens (including phenoxy) is 1. The van der Waals surface area contributed by atoms with Gasteiger partial charge in [-0.1, -0.05) is 41.4 Å². The van der Waals surface area contributed by atoms with E-state index in [2.05, 4.69) is 31.2 Å². The summed E-state index contributed by atoms with van der Waals surface area (Å²) in [5.41, 5.74) is 4.48. The summed E-state index contributed by atoms with van der Waals surface area (Å²) in [6, 6.07) is 9.22. The monoisotopic (exact) mass is 346 g/mol. The maximum atomic E-state index is 5.87. The quantitative estimate of drug-likeness (QED) is 0.583. The second-order valence-electron chi connectivity index (χ2n) is 7.75. The normalized spacial score (nSPS) is 31.4. The van der Waals surface area contributed by atoms with Crippen LogP contribution in [0.2, 0.25) is 0 Å². The van der Waals surface area contributed by atoms with E-state index in [9.17, 15) is 0 Å². The zero-order valence-corrected chi connectivity index (χ0v) is 15.7. The smallest absolute Gasteiger partial charge is 0.0662 e. The average molecular weight is 347 g/mol. The Morgan fingerprint density at radius 3 is 2.08 bits per heavy atom. The van der Waals surface area contributed by atoms with Gasteiger partial charge >= 0.3 is 0 Å². The van der Waals surface area contributed by atoms with Crippen molar-refractivity contribution in [1.29, 1.82) is 0 Å². The van der Waals surface area contributed by atoms with Crippen molar-refractivity contribution in [2.24, 2.45) is 11.8 Å². The molecular formula is C22H31ClO. The molecule has 132 valence electrons. The van der Waals surface area contributed by atoms with Crippen molar-refractivity contribution in [3.8, 4) is 0 Å². The van der Waals surface area contributed by atoms with Gasteiger partial charge in [0.25, 0.3) is 0 Å². The van der Waals surface area contributed by atoms with Crippen molar-refractivity contribution in [3.05, 3.63) is 47.0 Å². The minimum absolute atomic E-state index is 0.456. The van der Waals surface area contributed by atoms with Gasteiger partial charge < -0.3 is 4.74 Å². The molecule has 0 bridgehead atoms. The van der Waals surface area contributed by atoms with Crippen molar-refractivity contribution >= 4 is 11.6 Å². The molecule has 3 rings (SSSR count). The van der Waals surface area contributed by atoms with Crippen LogP contribution in [0.5, 0.6) is 0 Å². The van der Waals surface area contributed by atoms with Crippen LogP contribution in [0.1, 0.15) is 68.4 Å². The summed E-state index contributed by atoms with van der Waals surface area (Å²) in [6.45, 7) is 2.84. The fourth-order valence-corrected chi connectivity index (χ4v) is 4.79. The molecule has 24 heavy (non-hydrogen) atoms. The zero-order valence-electron chi connectivity index (χ0n) is 14.9. The average Bonchev–Trinajstić information content (AvgIpc) is 2.63. The number of aryl methyl sites for hydroxylation is 1. The standard InChI is InChI=1S/C22H31ClO/c1-17-3-5-18(6-4-17)19-7-9-20(10-8-19)21-11-13-22(14-12-21)24-16-2-15-23/h2-6,15,19-22H,7-14,16H2,1H3/b15-2+. The van der Waals surface area contributed by atoms with E-state index >= 15 is 0 Å². The molecule has 0 radical (unpaired) electrons. The Kier molecular flexibility index (Phi) is 6.80. The molecule has 0 spiro atoms. The molecule has 2 heteroatoms. The fourth-order valence-electron chi connectivity index (χ4n) is 4.72. The summed E-state index contributed by atoms with van der Waals surface area (Å²) in [7, 11) is 0. The Balaban J connectivity index is 1.42. The van der Waals surface area contributed by atoms with Crippen LogP contribution >= 0.6 is 11.6 Å². The van der Waals surface area contributed by atoms with Gasteiger partial charge in [-0.3, -0.25) is 0 Å². The zero-order chi connectivity index (χ0) is 16.8. The first-order valence-electron chi connectivity index (χ1n) is 9.69. The van der Waals surface area contributed by atoms with Gasteiger partial charge in [-0.2, -0.15) is 0 Å².